The highest BCUT2D eigenvalue weighted by atomic mass is 16.5. The lowest BCUT2D eigenvalue weighted by Crippen LogP contribution is -2.28. The summed E-state index contributed by atoms with van der Waals surface area (Å²) < 4.78 is 10.1. The normalized spacial score (nSPS) is 20.2. The zero-order valence-electron chi connectivity index (χ0n) is 9.19. The minimum atomic E-state index is -0.0738. The van der Waals surface area contributed by atoms with Gasteiger partial charge < -0.3 is 15.0 Å². The molecule has 1 aromatic heterocycles. The third-order valence-electron chi connectivity index (χ3n) is 2.83. The fourth-order valence-corrected chi connectivity index (χ4v) is 1.49. The van der Waals surface area contributed by atoms with Gasteiger partial charge in [0, 0.05) is 25.0 Å². The second kappa shape index (κ2) is 3.90. The molecule has 5 nitrogen and oxygen atoms in total. The Morgan fingerprint density at radius 1 is 1.60 bits per heavy atom. The van der Waals surface area contributed by atoms with E-state index >= 15 is 0 Å². The molecule has 1 fully saturated rings. The average molecular weight is 211 g/mol. The van der Waals surface area contributed by atoms with Crippen LogP contribution < -0.4 is 5.73 Å². The SMILES string of the molecule is COCC(N)Cc1nc(C2(C)CC2)no1. The number of hydrogen-bond acceptors (Lipinski definition) is 5. The molecule has 84 valence electrons. The Morgan fingerprint density at radius 3 is 2.93 bits per heavy atom. The summed E-state index contributed by atoms with van der Waals surface area (Å²) in [5, 5.41) is 3.98. The molecule has 15 heavy (non-hydrogen) atoms. The molecule has 0 saturated heterocycles. The van der Waals surface area contributed by atoms with Gasteiger partial charge in [-0.2, -0.15) is 4.98 Å². The van der Waals surface area contributed by atoms with Gasteiger partial charge in [-0.3, -0.25) is 0 Å². The number of aromatic nitrogens is 2. The van der Waals surface area contributed by atoms with Crippen molar-refractivity contribution in [2.24, 2.45) is 5.73 Å². The summed E-state index contributed by atoms with van der Waals surface area (Å²) >= 11 is 0. The Balaban J connectivity index is 1.95. The van der Waals surface area contributed by atoms with Gasteiger partial charge in [0.05, 0.1) is 6.61 Å². The Kier molecular flexibility index (Phi) is 2.75. The van der Waals surface area contributed by atoms with Crippen molar-refractivity contribution in [1.82, 2.24) is 10.1 Å². The van der Waals surface area contributed by atoms with Crippen LogP contribution in [0.5, 0.6) is 0 Å². The average Bonchev–Trinajstić information content (AvgIpc) is 2.77. The molecule has 0 amide bonds. The molecule has 5 heteroatoms. The van der Waals surface area contributed by atoms with E-state index in [9.17, 15) is 0 Å². The molecular weight excluding hydrogens is 194 g/mol. The second-order valence-corrected chi connectivity index (χ2v) is 4.49. The van der Waals surface area contributed by atoms with Crippen molar-refractivity contribution >= 4 is 0 Å². The number of rotatable bonds is 5. The first-order valence-electron chi connectivity index (χ1n) is 5.21. The minimum Gasteiger partial charge on any atom is -0.383 e. The molecule has 0 radical (unpaired) electrons. The zero-order valence-corrected chi connectivity index (χ0v) is 9.19. The van der Waals surface area contributed by atoms with Gasteiger partial charge in [0.1, 0.15) is 0 Å². The van der Waals surface area contributed by atoms with Gasteiger partial charge in [-0.25, -0.2) is 0 Å². The summed E-state index contributed by atoms with van der Waals surface area (Å²) in [7, 11) is 1.63. The molecule has 1 unspecified atom stereocenters. The van der Waals surface area contributed by atoms with Gasteiger partial charge in [0.2, 0.25) is 5.89 Å². The monoisotopic (exact) mass is 211 g/mol. The first-order chi connectivity index (χ1) is 7.14. The Morgan fingerprint density at radius 2 is 2.33 bits per heavy atom. The Labute approximate surface area is 89.0 Å². The van der Waals surface area contributed by atoms with Gasteiger partial charge in [0.25, 0.3) is 0 Å². The van der Waals surface area contributed by atoms with Gasteiger partial charge in [-0.15, -0.1) is 0 Å². The number of nitrogens with two attached hydrogens (primary N) is 1. The van der Waals surface area contributed by atoms with Crippen LogP contribution in [0.3, 0.4) is 0 Å². The highest BCUT2D eigenvalue weighted by Gasteiger charge is 2.43. The van der Waals surface area contributed by atoms with Crippen LogP contribution in [0.2, 0.25) is 0 Å². The molecule has 2 N–H and O–H groups in total. The minimum absolute atomic E-state index is 0.0738. The van der Waals surface area contributed by atoms with Crippen molar-refractivity contribution in [2.75, 3.05) is 13.7 Å². The molecule has 1 aliphatic rings. The number of nitrogens with zero attached hydrogens (tertiary/aromatic N) is 2. The number of methoxy groups -OCH3 is 1. The van der Waals surface area contributed by atoms with Crippen molar-refractivity contribution in [3.8, 4) is 0 Å². The molecule has 0 bridgehead atoms. The van der Waals surface area contributed by atoms with E-state index in [0.29, 0.717) is 18.9 Å². The van der Waals surface area contributed by atoms with Crippen molar-refractivity contribution in [3.05, 3.63) is 11.7 Å². The smallest absolute Gasteiger partial charge is 0.228 e. The van der Waals surface area contributed by atoms with Gasteiger partial charge in [0.15, 0.2) is 5.82 Å². The van der Waals surface area contributed by atoms with Gasteiger partial charge in [-0.1, -0.05) is 12.1 Å². The zero-order chi connectivity index (χ0) is 10.9. The largest absolute Gasteiger partial charge is 0.383 e. The van der Waals surface area contributed by atoms with Crippen molar-refractivity contribution in [2.45, 2.75) is 37.6 Å². The van der Waals surface area contributed by atoms with Crippen LogP contribution in [0.25, 0.3) is 0 Å². The van der Waals surface area contributed by atoms with E-state index in [1.807, 2.05) is 0 Å². The maximum Gasteiger partial charge on any atom is 0.228 e. The molecule has 1 atom stereocenters. The molecule has 1 heterocycles. The Hall–Kier alpha value is -0.940. The molecule has 1 saturated carbocycles. The van der Waals surface area contributed by atoms with E-state index < -0.39 is 0 Å². The summed E-state index contributed by atoms with van der Waals surface area (Å²) in [5.74, 6) is 1.43. The van der Waals surface area contributed by atoms with Crippen LogP contribution in [-0.4, -0.2) is 29.9 Å². The lowest BCUT2D eigenvalue weighted by atomic mass is 10.1. The van der Waals surface area contributed by atoms with E-state index in [4.69, 9.17) is 15.0 Å². The molecule has 2 rings (SSSR count). The predicted octanol–water partition coefficient (Wildman–Crippen LogP) is 0.637. The third-order valence-corrected chi connectivity index (χ3v) is 2.83. The summed E-state index contributed by atoms with van der Waals surface area (Å²) in [5.41, 5.74) is 5.96. The fraction of sp³-hybridized carbons (Fsp3) is 0.800. The van der Waals surface area contributed by atoms with Crippen LogP contribution in [0, 0.1) is 0 Å². The Bertz CT molecular complexity index is 333. The second-order valence-electron chi connectivity index (χ2n) is 4.49. The lowest BCUT2D eigenvalue weighted by molar-refractivity contribution is 0.176. The van der Waals surface area contributed by atoms with Crippen molar-refractivity contribution < 1.29 is 9.26 Å². The van der Waals surface area contributed by atoms with Gasteiger partial charge in [-0.05, 0) is 12.8 Å². The predicted molar refractivity (Wildman–Crippen MR) is 54.4 cm³/mol. The van der Waals surface area contributed by atoms with Crippen LogP contribution in [-0.2, 0) is 16.6 Å². The molecule has 0 spiro atoms. The van der Waals surface area contributed by atoms with E-state index in [-0.39, 0.29) is 11.5 Å². The van der Waals surface area contributed by atoms with Crippen LogP contribution in [0.1, 0.15) is 31.5 Å². The number of ether oxygens (including phenoxy) is 1. The first kappa shape index (κ1) is 10.6. The highest BCUT2D eigenvalue weighted by molar-refractivity contribution is 5.14. The molecule has 1 aliphatic carbocycles. The van der Waals surface area contributed by atoms with Crippen molar-refractivity contribution in [3.63, 3.8) is 0 Å². The van der Waals surface area contributed by atoms with E-state index in [1.54, 1.807) is 7.11 Å². The third kappa shape index (κ3) is 2.35. The molecule has 1 aromatic rings. The maximum absolute atomic E-state index is 5.80. The maximum atomic E-state index is 5.80. The standard InChI is InChI=1S/C10H17N3O2/c1-10(3-4-10)9-12-8(15-13-9)5-7(11)6-14-2/h7H,3-6,11H2,1-2H3. The summed E-state index contributed by atoms with van der Waals surface area (Å²) in [6, 6.07) is -0.0738. The first-order valence-corrected chi connectivity index (χ1v) is 5.21. The highest BCUT2D eigenvalue weighted by Crippen LogP contribution is 2.45. The topological polar surface area (TPSA) is 74.2 Å². The fourth-order valence-electron chi connectivity index (χ4n) is 1.49. The molecular formula is C10H17N3O2. The van der Waals surface area contributed by atoms with E-state index in [2.05, 4.69) is 17.1 Å². The number of hydrogen-bond donors (Lipinski definition) is 1. The van der Waals surface area contributed by atoms with E-state index in [1.165, 1.54) is 0 Å². The van der Waals surface area contributed by atoms with E-state index in [0.717, 1.165) is 18.7 Å². The summed E-state index contributed by atoms with van der Waals surface area (Å²) in [6.07, 6.45) is 2.88. The van der Waals surface area contributed by atoms with Gasteiger partial charge >= 0.3 is 0 Å². The quantitative estimate of drug-likeness (QED) is 0.773. The van der Waals surface area contributed by atoms with Crippen LogP contribution >= 0.6 is 0 Å². The summed E-state index contributed by atoms with van der Waals surface area (Å²) in [4.78, 5) is 4.35. The van der Waals surface area contributed by atoms with Crippen LogP contribution in [0.15, 0.2) is 4.52 Å². The summed E-state index contributed by atoms with van der Waals surface area (Å²) in [6.45, 7) is 2.66. The lowest BCUT2D eigenvalue weighted by Gasteiger charge is -2.05. The van der Waals surface area contributed by atoms with Crippen molar-refractivity contribution in [1.29, 1.82) is 0 Å². The molecule has 0 aromatic carbocycles. The van der Waals surface area contributed by atoms with Crippen LogP contribution in [0.4, 0.5) is 0 Å². The molecule has 0 aliphatic heterocycles.